The number of rotatable bonds is 11. The van der Waals surface area contributed by atoms with Gasteiger partial charge in [-0.3, -0.25) is 9.79 Å². The van der Waals surface area contributed by atoms with E-state index in [1.54, 1.807) is 0 Å². The largest absolute Gasteiger partial charge is 0.466 e. The first-order valence-corrected chi connectivity index (χ1v) is 11.4. The van der Waals surface area contributed by atoms with Gasteiger partial charge in [0.25, 0.3) is 0 Å². The number of hydrogen-bond acceptors (Lipinski definition) is 4. The van der Waals surface area contributed by atoms with Crippen molar-refractivity contribution in [2.24, 2.45) is 10.9 Å². The molecular weight excluding hydrogens is 378 g/mol. The zero-order valence-electron chi connectivity index (χ0n) is 18.9. The predicted molar refractivity (Wildman–Crippen MR) is 122 cm³/mol. The first-order valence-electron chi connectivity index (χ1n) is 11.4. The van der Waals surface area contributed by atoms with Gasteiger partial charge in [0, 0.05) is 39.1 Å². The fourth-order valence-corrected chi connectivity index (χ4v) is 3.81. The van der Waals surface area contributed by atoms with Crippen molar-refractivity contribution in [1.82, 2.24) is 10.6 Å². The van der Waals surface area contributed by atoms with Crippen LogP contribution >= 0.6 is 0 Å². The highest BCUT2D eigenvalue weighted by atomic mass is 16.5. The molecule has 0 aromatic heterocycles. The van der Waals surface area contributed by atoms with E-state index in [1.165, 1.54) is 11.1 Å². The molecule has 168 valence electrons. The molecular formula is C24H39N3O3. The summed E-state index contributed by atoms with van der Waals surface area (Å²) in [5.41, 5.74) is 2.53. The summed E-state index contributed by atoms with van der Waals surface area (Å²) in [5, 5.41) is 6.88. The molecule has 0 aliphatic carbocycles. The van der Waals surface area contributed by atoms with Gasteiger partial charge in [-0.05, 0) is 45.1 Å². The molecule has 0 bridgehead atoms. The maximum atomic E-state index is 11.3. The van der Waals surface area contributed by atoms with Gasteiger partial charge in [0.15, 0.2) is 5.96 Å². The van der Waals surface area contributed by atoms with Crippen molar-refractivity contribution in [3.05, 3.63) is 35.4 Å². The molecule has 1 heterocycles. The Morgan fingerprint density at radius 2 is 1.93 bits per heavy atom. The molecule has 0 amide bonds. The van der Waals surface area contributed by atoms with E-state index >= 15 is 0 Å². The van der Waals surface area contributed by atoms with Crippen LogP contribution in [-0.2, 0) is 14.3 Å². The van der Waals surface area contributed by atoms with Crippen LogP contribution in [0, 0.1) is 12.8 Å². The molecule has 2 N–H and O–H groups in total. The predicted octanol–water partition coefficient (Wildman–Crippen LogP) is 4.14. The summed E-state index contributed by atoms with van der Waals surface area (Å²) in [4.78, 5) is 15.7. The number of esters is 1. The van der Waals surface area contributed by atoms with Crippen LogP contribution in [0.5, 0.6) is 0 Å². The third-order valence-electron chi connectivity index (χ3n) is 5.51. The van der Waals surface area contributed by atoms with E-state index in [0.29, 0.717) is 18.9 Å². The maximum Gasteiger partial charge on any atom is 0.305 e. The van der Waals surface area contributed by atoms with Gasteiger partial charge in [0.2, 0.25) is 0 Å². The zero-order valence-corrected chi connectivity index (χ0v) is 18.9. The molecule has 30 heavy (non-hydrogen) atoms. The highest BCUT2D eigenvalue weighted by Crippen LogP contribution is 2.33. The summed E-state index contributed by atoms with van der Waals surface area (Å²) in [6.07, 6.45) is 7.02. The number of nitrogens with zero attached hydrogens (tertiary/aromatic N) is 1. The van der Waals surface area contributed by atoms with Crippen molar-refractivity contribution in [2.45, 2.75) is 64.9 Å². The van der Waals surface area contributed by atoms with Crippen LogP contribution in [0.1, 0.15) is 69.1 Å². The Morgan fingerprint density at radius 1 is 1.17 bits per heavy atom. The van der Waals surface area contributed by atoms with Crippen molar-refractivity contribution >= 4 is 11.9 Å². The fraction of sp³-hybridized carbons (Fsp3) is 0.667. The van der Waals surface area contributed by atoms with Gasteiger partial charge in [-0.15, -0.1) is 0 Å². The normalized spacial score (nSPS) is 19.4. The zero-order chi connectivity index (χ0) is 21.6. The Labute approximate surface area is 181 Å². The Bertz CT molecular complexity index is 646. The van der Waals surface area contributed by atoms with Crippen LogP contribution < -0.4 is 10.6 Å². The van der Waals surface area contributed by atoms with Crippen molar-refractivity contribution in [3.8, 4) is 0 Å². The maximum absolute atomic E-state index is 11.3. The molecule has 0 spiro atoms. The Balaban J connectivity index is 1.66. The molecule has 2 rings (SSSR count). The number of guanidine groups is 1. The second-order valence-corrected chi connectivity index (χ2v) is 7.95. The van der Waals surface area contributed by atoms with Gasteiger partial charge in [0.1, 0.15) is 0 Å². The molecule has 2 unspecified atom stereocenters. The quantitative estimate of drug-likeness (QED) is 0.245. The molecule has 6 heteroatoms. The molecule has 6 nitrogen and oxygen atoms in total. The Morgan fingerprint density at radius 3 is 2.67 bits per heavy atom. The van der Waals surface area contributed by atoms with Crippen LogP contribution in [0.3, 0.4) is 0 Å². The minimum atomic E-state index is -0.0872. The number of nitrogens with one attached hydrogen (secondary N) is 2. The number of hydrogen-bond donors (Lipinski definition) is 2. The molecule has 1 aliphatic heterocycles. The molecule has 1 saturated heterocycles. The topological polar surface area (TPSA) is 72.0 Å². The summed E-state index contributed by atoms with van der Waals surface area (Å²) >= 11 is 0. The van der Waals surface area contributed by atoms with E-state index in [-0.39, 0.29) is 12.1 Å². The van der Waals surface area contributed by atoms with Crippen molar-refractivity contribution in [3.63, 3.8) is 0 Å². The number of aliphatic imine (C=N–C) groups is 1. The highest BCUT2D eigenvalue weighted by Gasteiger charge is 2.27. The van der Waals surface area contributed by atoms with Gasteiger partial charge in [-0.25, -0.2) is 0 Å². The van der Waals surface area contributed by atoms with E-state index < -0.39 is 0 Å². The summed E-state index contributed by atoms with van der Waals surface area (Å²) < 4.78 is 11.1. The van der Waals surface area contributed by atoms with Gasteiger partial charge in [-0.2, -0.15) is 0 Å². The SMILES string of the molecule is CCOC(=O)CCCCCCNC(=NC)NCC1CCCOC1c1ccc(C)cc1. The molecule has 1 aromatic carbocycles. The highest BCUT2D eigenvalue weighted by molar-refractivity contribution is 5.79. The second kappa shape index (κ2) is 14.0. The van der Waals surface area contributed by atoms with E-state index in [0.717, 1.165) is 64.2 Å². The van der Waals surface area contributed by atoms with Crippen LogP contribution in [0.4, 0.5) is 0 Å². The molecule has 1 aliphatic rings. The molecule has 1 aromatic rings. The number of benzene rings is 1. The average Bonchev–Trinajstić information content (AvgIpc) is 2.76. The lowest BCUT2D eigenvalue weighted by atomic mass is 9.89. The Kier molecular flexibility index (Phi) is 11.3. The van der Waals surface area contributed by atoms with Crippen LogP contribution in [-0.4, -0.2) is 45.3 Å². The molecule has 1 fully saturated rings. The standard InChI is InChI=1S/C24H39N3O3/c1-4-29-22(28)11-7-5-6-8-16-26-24(25-3)27-18-21-10-9-17-30-23(21)20-14-12-19(2)13-15-20/h12-15,21,23H,4-11,16-18H2,1-3H3,(H2,25,26,27). The lowest BCUT2D eigenvalue weighted by molar-refractivity contribution is -0.143. The summed E-state index contributed by atoms with van der Waals surface area (Å²) in [6.45, 7) is 6.97. The number of unbranched alkanes of at least 4 members (excludes halogenated alkanes) is 3. The van der Waals surface area contributed by atoms with E-state index in [2.05, 4.69) is 46.8 Å². The third kappa shape index (κ3) is 8.74. The van der Waals surface area contributed by atoms with Crippen LogP contribution in [0.25, 0.3) is 0 Å². The summed E-state index contributed by atoms with van der Waals surface area (Å²) in [6, 6.07) is 8.69. The van der Waals surface area contributed by atoms with E-state index in [1.807, 2.05) is 14.0 Å². The third-order valence-corrected chi connectivity index (χ3v) is 5.51. The van der Waals surface area contributed by atoms with Crippen molar-refractivity contribution in [1.29, 1.82) is 0 Å². The Hall–Kier alpha value is -2.08. The summed E-state index contributed by atoms with van der Waals surface area (Å²) in [5.74, 6) is 1.19. The number of ether oxygens (including phenoxy) is 2. The van der Waals surface area contributed by atoms with Crippen molar-refractivity contribution in [2.75, 3.05) is 33.4 Å². The lowest BCUT2D eigenvalue weighted by Crippen LogP contribution is -2.42. The molecule has 0 saturated carbocycles. The second-order valence-electron chi connectivity index (χ2n) is 7.95. The van der Waals surface area contributed by atoms with Gasteiger partial charge < -0.3 is 20.1 Å². The van der Waals surface area contributed by atoms with Gasteiger partial charge in [-0.1, -0.05) is 42.7 Å². The lowest BCUT2D eigenvalue weighted by Gasteiger charge is -2.32. The minimum absolute atomic E-state index is 0.0872. The summed E-state index contributed by atoms with van der Waals surface area (Å²) in [7, 11) is 1.81. The van der Waals surface area contributed by atoms with Crippen molar-refractivity contribution < 1.29 is 14.3 Å². The van der Waals surface area contributed by atoms with E-state index in [4.69, 9.17) is 9.47 Å². The van der Waals surface area contributed by atoms with E-state index in [9.17, 15) is 4.79 Å². The fourth-order valence-electron chi connectivity index (χ4n) is 3.81. The number of aryl methyl sites for hydroxylation is 1. The van der Waals surface area contributed by atoms with Gasteiger partial charge >= 0.3 is 5.97 Å². The van der Waals surface area contributed by atoms with Crippen LogP contribution in [0.2, 0.25) is 0 Å². The molecule has 2 atom stereocenters. The average molecular weight is 418 g/mol. The minimum Gasteiger partial charge on any atom is -0.466 e. The van der Waals surface area contributed by atoms with Gasteiger partial charge in [0.05, 0.1) is 12.7 Å². The van der Waals surface area contributed by atoms with Crippen LogP contribution in [0.15, 0.2) is 29.3 Å². The first-order chi connectivity index (χ1) is 14.6. The first kappa shape index (κ1) is 24.2. The number of carbonyl (C=O) groups is 1. The monoisotopic (exact) mass is 417 g/mol. The number of carbonyl (C=O) groups excluding carboxylic acids is 1. The molecule has 0 radical (unpaired) electrons. The smallest absolute Gasteiger partial charge is 0.305 e.